The van der Waals surface area contributed by atoms with E-state index in [2.05, 4.69) is 26.1 Å². The number of hydrogen-bond donors (Lipinski definition) is 1. The molecule has 2 heterocycles. The van der Waals surface area contributed by atoms with E-state index in [0.29, 0.717) is 5.92 Å². The standard InChI is InChI=1S/C14H24N2OS/c1-4-15-9-13-11(8-10(2)3)16-14(18-13)12-6-5-7-17-12/h10,12,15H,4-9H2,1-3H3. The Labute approximate surface area is 114 Å². The Balaban J connectivity index is 2.13. The molecule has 0 spiro atoms. The Bertz CT molecular complexity index is 370. The first-order valence-corrected chi connectivity index (χ1v) is 7.83. The first-order valence-electron chi connectivity index (χ1n) is 7.01. The molecule has 0 saturated carbocycles. The van der Waals surface area contributed by atoms with Crippen LogP contribution in [0.2, 0.25) is 0 Å². The molecule has 102 valence electrons. The van der Waals surface area contributed by atoms with Crippen molar-refractivity contribution in [1.82, 2.24) is 10.3 Å². The van der Waals surface area contributed by atoms with E-state index >= 15 is 0 Å². The summed E-state index contributed by atoms with van der Waals surface area (Å²) in [6.07, 6.45) is 3.64. The third kappa shape index (κ3) is 3.53. The van der Waals surface area contributed by atoms with Gasteiger partial charge in [-0.2, -0.15) is 0 Å². The Morgan fingerprint density at radius 2 is 2.33 bits per heavy atom. The monoisotopic (exact) mass is 268 g/mol. The molecule has 0 amide bonds. The average Bonchev–Trinajstić information content (AvgIpc) is 2.94. The van der Waals surface area contributed by atoms with E-state index in [4.69, 9.17) is 9.72 Å². The van der Waals surface area contributed by atoms with Gasteiger partial charge in [-0.25, -0.2) is 4.98 Å². The van der Waals surface area contributed by atoms with Crippen molar-refractivity contribution in [3.05, 3.63) is 15.6 Å². The number of rotatable bonds is 6. The minimum absolute atomic E-state index is 0.260. The third-order valence-corrected chi connectivity index (χ3v) is 4.33. The zero-order valence-corrected chi connectivity index (χ0v) is 12.5. The van der Waals surface area contributed by atoms with Gasteiger partial charge in [0, 0.05) is 18.0 Å². The molecule has 1 atom stereocenters. The van der Waals surface area contributed by atoms with Gasteiger partial charge in [-0.1, -0.05) is 20.8 Å². The molecule has 1 fully saturated rings. The predicted molar refractivity (Wildman–Crippen MR) is 76.0 cm³/mol. The SMILES string of the molecule is CCNCc1sc(C2CCCO2)nc1CC(C)C. The molecule has 1 unspecified atom stereocenters. The van der Waals surface area contributed by atoms with Crippen molar-refractivity contribution in [2.45, 2.75) is 52.7 Å². The molecule has 0 aromatic carbocycles. The highest BCUT2D eigenvalue weighted by molar-refractivity contribution is 7.11. The number of nitrogens with one attached hydrogen (secondary N) is 1. The van der Waals surface area contributed by atoms with Crippen LogP contribution in [0.25, 0.3) is 0 Å². The van der Waals surface area contributed by atoms with E-state index in [0.717, 1.165) is 32.5 Å². The van der Waals surface area contributed by atoms with Crippen molar-refractivity contribution >= 4 is 11.3 Å². The zero-order chi connectivity index (χ0) is 13.0. The molecule has 0 radical (unpaired) electrons. The first-order chi connectivity index (χ1) is 8.70. The summed E-state index contributed by atoms with van der Waals surface area (Å²) in [5.41, 5.74) is 1.28. The minimum Gasteiger partial charge on any atom is -0.371 e. The fraction of sp³-hybridized carbons (Fsp3) is 0.786. The number of thiazole rings is 1. The molecule has 18 heavy (non-hydrogen) atoms. The van der Waals surface area contributed by atoms with Gasteiger partial charge < -0.3 is 10.1 Å². The number of nitrogens with zero attached hydrogens (tertiary/aromatic N) is 1. The second-order valence-corrected chi connectivity index (χ2v) is 6.42. The topological polar surface area (TPSA) is 34.1 Å². The number of aromatic nitrogens is 1. The second kappa shape index (κ2) is 6.64. The summed E-state index contributed by atoms with van der Waals surface area (Å²) in [7, 11) is 0. The fourth-order valence-electron chi connectivity index (χ4n) is 2.24. The zero-order valence-electron chi connectivity index (χ0n) is 11.7. The Kier molecular flexibility index (Phi) is 5.15. The Hall–Kier alpha value is -0.450. The molecule has 0 bridgehead atoms. The Morgan fingerprint density at radius 1 is 1.50 bits per heavy atom. The first kappa shape index (κ1) is 14.0. The van der Waals surface area contributed by atoms with Crippen molar-refractivity contribution in [3.8, 4) is 0 Å². The maximum Gasteiger partial charge on any atom is 0.122 e. The van der Waals surface area contributed by atoms with Gasteiger partial charge in [0.15, 0.2) is 0 Å². The molecule has 4 heteroatoms. The van der Waals surface area contributed by atoms with Gasteiger partial charge in [-0.3, -0.25) is 0 Å². The van der Waals surface area contributed by atoms with Gasteiger partial charge in [-0.15, -0.1) is 11.3 Å². The molecule has 1 N–H and O–H groups in total. The smallest absolute Gasteiger partial charge is 0.122 e. The maximum atomic E-state index is 5.74. The van der Waals surface area contributed by atoms with Crippen LogP contribution in [-0.2, 0) is 17.7 Å². The van der Waals surface area contributed by atoms with Gasteiger partial charge in [-0.05, 0) is 31.7 Å². The third-order valence-electron chi connectivity index (χ3n) is 3.14. The summed E-state index contributed by atoms with van der Waals surface area (Å²) in [5, 5.41) is 4.60. The lowest BCUT2D eigenvalue weighted by Gasteiger charge is -2.05. The van der Waals surface area contributed by atoms with Gasteiger partial charge in [0.25, 0.3) is 0 Å². The van der Waals surface area contributed by atoms with E-state index in [1.807, 2.05) is 11.3 Å². The highest BCUT2D eigenvalue weighted by Crippen LogP contribution is 2.33. The highest BCUT2D eigenvalue weighted by atomic mass is 32.1. The van der Waals surface area contributed by atoms with Gasteiger partial charge >= 0.3 is 0 Å². The maximum absolute atomic E-state index is 5.74. The summed E-state index contributed by atoms with van der Waals surface area (Å²) in [5.74, 6) is 0.657. The van der Waals surface area contributed by atoms with Crippen LogP contribution in [0, 0.1) is 5.92 Å². The van der Waals surface area contributed by atoms with Gasteiger partial charge in [0.2, 0.25) is 0 Å². The molecule has 2 rings (SSSR count). The number of ether oxygens (including phenoxy) is 1. The highest BCUT2D eigenvalue weighted by Gasteiger charge is 2.23. The minimum atomic E-state index is 0.260. The van der Waals surface area contributed by atoms with Crippen LogP contribution in [0.15, 0.2) is 0 Å². The molecule has 1 aromatic rings. The molecular weight excluding hydrogens is 244 g/mol. The molecule has 0 aliphatic carbocycles. The lowest BCUT2D eigenvalue weighted by molar-refractivity contribution is 0.111. The van der Waals surface area contributed by atoms with Crippen LogP contribution in [-0.4, -0.2) is 18.1 Å². The quantitative estimate of drug-likeness (QED) is 0.859. The number of hydrogen-bond acceptors (Lipinski definition) is 4. The van der Waals surface area contributed by atoms with Gasteiger partial charge in [0.05, 0.1) is 5.69 Å². The summed E-state index contributed by atoms with van der Waals surface area (Å²) in [6, 6.07) is 0. The largest absolute Gasteiger partial charge is 0.371 e. The summed E-state index contributed by atoms with van der Waals surface area (Å²) in [4.78, 5) is 6.24. The lowest BCUT2D eigenvalue weighted by atomic mass is 10.1. The van der Waals surface area contributed by atoms with Gasteiger partial charge in [0.1, 0.15) is 11.1 Å². The lowest BCUT2D eigenvalue weighted by Crippen LogP contribution is -2.12. The van der Waals surface area contributed by atoms with Crippen molar-refractivity contribution < 1.29 is 4.74 Å². The van der Waals surface area contributed by atoms with Crippen molar-refractivity contribution in [2.75, 3.05) is 13.2 Å². The van der Waals surface area contributed by atoms with Crippen LogP contribution in [0.3, 0.4) is 0 Å². The fourth-order valence-corrected chi connectivity index (χ4v) is 3.38. The van der Waals surface area contributed by atoms with Crippen LogP contribution in [0.1, 0.15) is 55.3 Å². The van der Waals surface area contributed by atoms with E-state index in [1.54, 1.807) is 0 Å². The Morgan fingerprint density at radius 3 is 2.94 bits per heavy atom. The van der Waals surface area contributed by atoms with Crippen LogP contribution in [0.4, 0.5) is 0 Å². The molecular formula is C14H24N2OS. The second-order valence-electron chi connectivity index (χ2n) is 5.30. The molecule has 3 nitrogen and oxygen atoms in total. The summed E-state index contributed by atoms with van der Waals surface area (Å²) >= 11 is 1.84. The van der Waals surface area contributed by atoms with Crippen molar-refractivity contribution in [2.24, 2.45) is 5.92 Å². The van der Waals surface area contributed by atoms with E-state index in [1.165, 1.54) is 22.0 Å². The van der Waals surface area contributed by atoms with E-state index in [-0.39, 0.29) is 6.10 Å². The predicted octanol–water partition coefficient (Wildman–Crippen LogP) is 3.30. The van der Waals surface area contributed by atoms with Crippen molar-refractivity contribution in [1.29, 1.82) is 0 Å². The normalized spacial score (nSPS) is 19.9. The molecule has 1 aromatic heterocycles. The van der Waals surface area contributed by atoms with Crippen LogP contribution >= 0.6 is 11.3 Å². The molecule has 1 aliphatic rings. The van der Waals surface area contributed by atoms with Crippen LogP contribution in [0.5, 0.6) is 0 Å². The average molecular weight is 268 g/mol. The van der Waals surface area contributed by atoms with Crippen molar-refractivity contribution in [3.63, 3.8) is 0 Å². The molecule has 1 saturated heterocycles. The van der Waals surface area contributed by atoms with E-state index in [9.17, 15) is 0 Å². The molecule has 1 aliphatic heterocycles. The van der Waals surface area contributed by atoms with Crippen LogP contribution < -0.4 is 5.32 Å². The summed E-state index contributed by atoms with van der Waals surface area (Å²) in [6.45, 7) is 9.50. The van der Waals surface area contributed by atoms with E-state index < -0.39 is 0 Å². The summed E-state index contributed by atoms with van der Waals surface area (Å²) < 4.78 is 5.74.